The molecule has 2 aromatic rings. The van der Waals surface area contributed by atoms with Gasteiger partial charge in [0.15, 0.2) is 6.04 Å². The highest BCUT2D eigenvalue weighted by atomic mass is 16.4. The van der Waals surface area contributed by atoms with Crippen molar-refractivity contribution in [2.45, 2.75) is 12.5 Å². The maximum atomic E-state index is 11.2. The van der Waals surface area contributed by atoms with Crippen LogP contribution in [0.1, 0.15) is 11.9 Å². The van der Waals surface area contributed by atoms with E-state index in [0.29, 0.717) is 16.9 Å². The molecule has 90 valence electrons. The lowest BCUT2D eigenvalue weighted by molar-refractivity contribution is -0.139. The van der Waals surface area contributed by atoms with Gasteiger partial charge in [0, 0.05) is 0 Å². The Balaban J connectivity index is 2.72. The minimum Gasteiger partial charge on any atom is -0.479 e. The lowest BCUT2D eigenvalue weighted by atomic mass is 10.2. The number of carbonyl (C=O) groups is 1. The minimum atomic E-state index is -1.02. The molecule has 1 atom stereocenters. The molecule has 5 nitrogen and oxygen atoms in total. The first kappa shape index (κ1) is 11.9. The molecule has 0 aliphatic heterocycles. The van der Waals surface area contributed by atoms with Gasteiger partial charge in [-0.05, 0) is 12.1 Å². The number of para-hydroxylation sites is 2. The van der Waals surface area contributed by atoms with Crippen LogP contribution in [0.4, 0.5) is 0 Å². The quantitative estimate of drug-likeness (QED) is 0.829. The van der Waals surface area contributed by atoms with E-state index in [0.717, 1.165) is 0 Å². The van der Waals surface area contributed by atoms with Gasteiger partial charge in [-0.2, -0.15) is 5.26 Å². The van der Waals surface area contributed by atoms with E-state index in [4.69, 9.17) is 5.26 Å². The summed E-state index contributed by atoms with van der Waals surface area (Å²) in [5.74, 6) is -0.585. The SMILES string of the molecule is C=CC(C(=O)O)n1c(CC#N)nc2ccccc21. The Labute approximate surface area is 104 Å². The molecular weight excluding hydrogens is 230 g/mol. The zero-order valence-electron chi connectivity index (χ0n) is 9.58. The number of nitrogens with zero attached hydrogens (tertiary/aromatic N) is 3. The van der Waals surface area contributed by atoms with E-state index in [1.165, 1.54) is 10.6 Å². The fourth-order valence-corrected chi connectivity index (χ4v) is 1.92. The maximum Gasteiger partial charge on any atom is 0.330 e. The topological polar surface area (TPSA) is 78.9 Å². The highest BCUT2D eigenvalue weighted by Crippen LogP contribution is 2.22. The molecule has 1 heterocycles. The van der Waals surface area contributed by atoms with Gasteiger partial charge in [0.1, 0.15) is 5.82 Å². The predicted octanol–water partition coefficient (Wildman–Crippen LogP) is 1.91. The van der Waals surface area contributed by atoms with Crippen LogP contribution in [0.5, 0.6) is 0 Å². The summed E-state index contributed by atoms with van der Waals surface area (Å²) in [7, 11) is 0. The second-order valence-electron chi connectivity index (χ2n) is 3.74. The number of hydrogen-bond donors (Lipinski definition) is 1. The molecule has 0 saturated carbocycles. The van der Waals surface area contributed by atoms with Gasteiger partial charge in [0.25, 0.3) is 0 Å². The molecule has 0 amide bonds. The summed E-state index contributed by atoms with van der Waals surface area (Å²) < 4.78 is 1.54. The molecule has 0 aliphatic carbocycles. The predicted molar refractivity (Wildman–Crippen MR) is 65.9 cm³/mol. The monoisotopic (exact) mass is 241 g/mol. The minimum absolute atomic E-state index is 0.0618. The average Bonchev–Trinajstić information content (AvgIpc) is 2.69. The molecule has 0 bridgehead atoms. The fraction of sp³-hybridized carbons (Fsp3) is 0.154. The summed E-state index contributed by atoms with van der Waals surface area (Å²) in [6, 6.07) is 8.27. The number of carboxylic acid groups (broad SMARTS) is 1. The van der Waals surface area contributed by atoms with E-state index in [2.05, 4.69) is 11.6 Å². The van der Waals surface area contributed by atoms with Crippen molar-refractivity contribution < 1.29 is 9.90 Å². The van der Waals surface area contributed by atoms with Crippen molar-refractivity contribution in [3.05, 3.63) is 42.7 Å². The van der Waals surface area contributed by atoms with Gasteiger partial charge in [0.05, 0.1) is 23.5 Å². The number of hydrogen-bond acceptors (Lipinski definition) is 3. The van der Waals surface area contributed by atoms with Crippen LogP contribution in [0.15, 0.2) is 36.9 Å². The van der Waals surface area contributed by atoms with Crippen LogP contribution in [-0.4, -0.2) is 20.6 Å². The molecule has 5 heteroatoms. The van der Waals surface area contributed by atoms with Gasteiger partial charge in [-0.1, -0.05) is 18.2 Å². The van der Waals surface area contributed by atoms with Crippen molar-refractivity contribution >= 4 is 17.0 Å². The van der Waals surface area contributed by atoms with Crippen LogP contribution >= 0.6 is 0 Å². The molecule has 1 aromatic carbocycles. The summed E-state index contributed by atoms with van der Waals surface area (Å²) in [5.41, 5.74) is 1.37. The third-order valence-corrected chi connectivity index (χ3v) is 2.66. The molecule has 2 rings (SSSR count). The number of benzene rings is 1. The molecule has 0 saturated heterocycles. The Bertz CT molecular complexity index is 652. The normalized spacial score (nSPS) is 11.9. The Hall–Kier alpha value is -2.61. The van der Waals surface area contributed by atoms with Gasteiger partial charge >= 0.3 is 5.97 Å². The van der Waals surface area contributed by atoms with Gasteiger partial charge in [0.2, 0.25) is 0 Å². The number of nitriles is 1. The number of aromatic nitrogens is 2. The van der Waals surface area contributed by atoms with Gasteiger partial charge in [-0.3, -0.25) is 0 Å². The number of aliphatic carboxylic acids is 1. The van der Waals surface area contributed by atoms with Crippen molar-refractivity contribution in [3.63, 3.8) is 0 Å². The summed E-state index contributed by atoms with van der Waals surface area (Å²) in [6.07, 6.45) is 1.39. The largest absolute Gasteiger partial charge is 0.479 e. The zero-order valence-corrected chi connectivity index (χ0v) is 9.58. The molecule has 1 unspecified atom stereocenters. The number of carboxylic acids is 1. The first-order valence-electron chi connectivity index (χ1n) is 5.37. The highest BCUT2D eigenvalue weighted by molar-refractivity contribution is 5.81. The Morgan fingerprint density at radius 3 is 2.94 bits per heavy atom. The Morgan fingerprint density at radius 2 is 2.33 bits per heavy atom. The van der Waals surface area contributed by atoms with Crippen molar-refractivity contribution in [3.8, 4) is 6.07 Å². The van der Waals surface area contributed by atoms with E-state index in [9.17, 15) is 9.90 Å². The van der Waals surface area contributed by atoms with Crippen molar-refractivity contribution in [1.82, 2.24) is 9.55 Å². The number of imidazole rings is 1. The Kier molecular flexibility index (Phi) is 3.11. The second-order valence-corrected chi connectivity index (χ2v) is 3.74. The van der Waals surface area contributed by atoms with Crippen LogP contribution in [0.2, 0.25) is 0 Å². The summed E-state index contributed by atoms with van der Waals surface area (Å²) in [4.78, 5) is 15.5. The highest BCUT2D eigenvalue weighted by Gasteiger charge is 2.21. The molecule has 1 N–H and O–H groups in total. The lowest BCUT2D eigenvalue weighted by Gasteiger charge is -2.12. The second kappa shape index (κ2) is 4.72. The van der Waals surface area contributed by atoms with Crippen LogP contribution in [-0.2, 0) is 11.2 Å². The Morgan fingerprint density at radius 1 is 1.61 bits per heavy atom. The van der Waals surface area contributed by atoms with E-state index in [-0.39, 0.29) is 6.42 Å². The van der Waals surface area contributed by atoms with Crippen molar-refractivity contribution in [1.29, 1.82) is 5.26 Å². The number of fused-ring (bicyclic) bond motifs is 1. The summed E-state index contributed by atoms with van der Waals surface area (Å²) >= 11 is 0. The molecular formula is C13H11N3O2. The average molecular weight is 241 g/mol. The molecule has 18 heavy (non-hydrogen) atoms. The summed E-state index contributed by atoms with van der Waals surface area (Å²) in [5, 5.41) is 18.0. The number of rotatable bonds is 4. The lowest BCUT2D eigenvalue weighted by Crippen LogP contribution is -2.18. The summed E-state index contributed by atoms with van der Waals surface area (Å²) in [6.45, 7) is 3.53. The third-order valence-electron chi connectivity index (χ3n) is 2.66. The first-order chi connectivity index (χ1) is 8.69. The maximum absolute atomic E-state index is 11.2. The molecule has 0 spiro atoms. The fourth-order valence-electron chi connectivity index (χ4n) is 1.92. The molecule has 0 fully saturated rings. The molecule has 0 radical (unpaired) electrons. The zero-order chi connectivity index (χ0) is 13.1. The smallest absolute Gasteiger partial charge is 0.330 e. The third kappa shape index (κ3) is 1.84. The molecule has 1 aromatic heterocycles. The van der Waals surface area contributed by atoms with Crippen LogP contribution in [0, 0.1) is 11.3 Å². The van der Waals surface area contributed by atoms with Gasteiger partial charge in [-0.25, -0.2) is 9.78 Å². The standard InChI is InChI=1S/C13H11N3O2/c1-2-10(13(17)18)16-11-6-4-3-5-9(11)15-12(16)7-8-14/h2-6,10H,1,7H2,(H,17,18). The van der Waals surface area contributed by atoms with E-state index >= 15 is 0 Å². The van der Waals surface area contributed by atoms with Crippen LogP contribution < -0.4 is 0 Å². The van der Waals surface area contributed by atoms with Gasteiger partial charge < -0.3 is 9.67 Å². The van der Waals surface area contributed by atoms with E-state index < -0.39 is 12.0 Å². The first-order valence-corrected chi connectivity index (χ1v) is 5.37. The van der Waals surface area contributed by atoms with Crippen molar-refractivity contribution in [2.24, 2.45) is 0 Å². The van der Waals surface area contributed by atoms with E-state index in [1.807, 2.05) is 12.1 Å². The van der Waals surface area contributed by atoms with Crippen LogP contribution in [0.3, 0.4) is 0 Å². The van der Waals surface area contributed by atoms with E-state index in [1.54, 1.807) is 18.2 Å². The molecule has 0 aliphatic rings. The van der Waals surface area contributed by atoms with Crippen LogP contribution in [0.25, 0.3) is 11.0 Å². The van der Waals surface area contributed by atoms with Crippen molar-refractivity contribution in [2.75, 3.05) is 0 Å². The van der Waals surface area contributed by atoms with Gasteiger partial charge in [-0.15, -0.1) is 6.58 Å².